The van der Waals surface area contributed by atoms with Gasteiger partial charge in [0, 0.05) is 44.0 Å². The molecule has 13 nitrogen and oxygen atoms in total. The molecule has 3 atom stereocenters. The Bertz CT molecular complexity index is 890. The lowest BCUT2D eigenvalue weighted by Crippen LogP contribution is -2.49. The largest absolute Gasteiger partial charge is 0.391 e. The SMILES string of the molecule is [2H]C(=O)CNC(=O)[C@H](CCCNC(N)=O)CC(=O)[C@@H](NC(=O)CCCCCN1C(=O)C=CC1=O)C(C)O. The van der Waals surface area contributed by atoms with Crippen molar-refractivity contribution in [3.8, 4) is 0 Å². The molecule has 0 aromatic carbocycles. The fourth-order valence-electron chi connectivity index (χ4n) is 3.62. The number of Topliss-reactive ketones (excluding diaryl/α,β-unsaturated/α-hetero) is 1. The normalized spacial score (nSPS) is 15.6. The average molecular weight is 511 g/mol. The van der Waals surface area contributed by atoms with Crippen molar-refractivity contribution in [2.45, 2.75) is 64.0 Å². The van der Waals surface area contributed by atoms with Crippen molar-refractivity contribution in [2.24, 2.45) is 11.7 Å². The second-order valence-electron chi connectivity index (χ2n) is 8.42. The third-order valence-corrected chi connectivity index (χ3v) is 5.51. The standard InChI is InChI=1S/C23H35N5O8/c1-15(30)21(27-18(32)7-3-2-4-12-28-19(33)8-9-20(28)34)17(31)14-16(22(35)25-11-13-29)6-5-10-26-23(24)36/h8-9,13,15-16,21,30H,2-7,10-12,14H2,1H3,(H,25,35)(H,27,32)(H3,24,26,36)/t15?,16-,21+/m1/s1/i13D. The number of ketones is 1. The first kappa shape index (κ1) is 28.6. The summed E-state index contributed by atoms with van der Waals surface area (Å²) >= 11 is 0. The van der Waals surface area contributed by atoms with E-state index in [1.54, 1.807) is 0 Å². The fourth-order valence-corrected chi connectivity index (χ4v) is 3.62. The summed E-state index contributed by atoms with van der Waals surface area (Å²) in [5.74, 6) is -3.39. The molecule has 0 aliphatic carbocycles. The van der Waals surface area contributed by atoms with E-state index < -0.39 is 54.5 Å². The second-order valence-corrected chi connectivity index (χ2v) is 8.42. The minimum Gasteiger partial charge on any atom is -0.391 e. The van der Waals surface area contributed by atoms with Crippen LogP contribution < -0.4 is 21.7 Å². The number of hydrogen-bond acceptors (Lipinski definition) is 8. The number of rotatable bonds is 18. The first-order chi connectivity index (χ1) is 17.4. The van der Waals surface area contributed by atoms with Crippen molar-refractivity contribution in [1.82, 2.24) is 20.9 Å². The number of amides is 6. The number of nitrogens with one attached hydrogen (secondary N) is 3. The molecule has 6 N–H and O–H groups in total. The Balaban J connectivity index is 2.58. The van der Waals surface area contributed by atoms with Crippen LogP contribution in [0.3, 0.4) is 0 Å². The molecule has 6 amide bonds. The summed E-state index contributed by atoms with van der Waals surface area (Å²) in [4.78, 5) is 83.5. The number of nitrogens with two attached hydrogens (primary N) is 1. The van der Waals surface area contributed by atoms with Gasteiger partial charge in [-0.05, 0) is 32.6 Å². The zero-order valence-electron chi connectivity index (χ0n) is 21.3. The van der Waals surface area contributed by atoms with Crippen LogP contribution in [0.4, 0.5) is 4.79 Å². The van der Waals surface area contributed by atoms with Crippen LogP contribution in [-0.2, 0) is 28.8 Å². The highest BCUT2D eigenvalue weighted by atomic mass is 16.3. The maximum atomic E-state index is 12.9. The Morgan fingerprint density at radius 2 is 1.78 bits per heavy atom. The van der Waals surface area contributed by atoms with Crippen LogP contribution in [0.25, 0.3) is 0 Å². The minimum atomic E-state index is -1.27. The molecule has 1 aliphatic rings. The maximum Gasteiger partial charge on any atom is 0.312 e. The van der Waals surface area contributed by atoms with E-state index in [-0.39, 0.29) is 44.2 Å². The van der Waals surface area contributed by atoms with Crippen LogP contribution in [-0.4, -0.2) is 83.5 Å². The van der Waals surface area contributed by atoms with Gasteiger partial charge in [0.2, 0.25) is 11.8 Å². The Hall–Kier alpha value is -3.61. The summed E-state index contributed by atoms with van der Waals surface area (Å²) in [6.45, 7) is 1.19. The summed E-state index contributed by atoms with van der Waals surface area (Å²) in [6.07, 6.45) is 1.75. The Labute approximate surface area is 210 Å². The van der Waals surface area contributed by atoms with Gasteiger partial charge in [-0.25, -0.2) is 4.79 Å². The molecule has 0 bridgehead atoms. The van der Waals surface area contributed by atoms with Gasteiger partial charge in [-0.15, -0.1) is 0 Å². The van der Waals surface area contributed by atoms with E-state index in [1.807, 2.05) is 0 Å². The van der Waals surface area contributed by atoms with Gasteiger partial charge < -0.3 is 31.6 Å². The molecule has 0 aromatic rings. The number of nitrogens with zero attached hydrogens (tertiary/aromatic N) is 1. The number of unbranched alkanes of at least 4 members (excludes halogenated alkanes) is 2. The van der Waals surface area contributed by atoms with Crippen LogP contribution in [0.5, 0.6) is 0 Å². The molecule has 0 radical (unpaired) electrons. The first-order valence-corrected chi connectivity index (χ1v) is 11.8. The van der Waals surface area contributed by atoms with Crippen LogP contribution in [0.1, 0.15) is 53.2 Å². The molecule has 200 valence electrons. The van der Waals surface area contributed by atoms with Gasteiger partial charge in [-0.1, -0.05) is 6.42 Å². The van der Waals surface area contributed by atoms with Crippen molar-refractivity contribution in [3.63, 3.8) is 0 Å². The van der Waals surface area contributed by atoms with E-state index in [2.05, 4.69) is 16.0 Å². The zero-order valence-corrected chi connectivity index (χ0v) is 20.3. The number of primary amides is 1. The average Bonchev–Trinajstić information content (AvgIpc) is 3.14. The number of hydrogen-bond donors (Lipinski definition) is 5. The van der Waals surface area contributed by atoms with Crippen molar-refractivity contribution < 1.29 is 40.0 Å². The lowest BCUT2D eigenvalue weighted by molar-refractivity contribution is -0.137. The maximum absolute atomic E-state index is 12.9. The lowest BCUT2D eigenvalue weighted by Gasteiger charge is -2.23. The van der Waals surface area contributed by atoms with E-state index >= 15 is 0 Å². The van der Waals surface area contributed by atoms with Gasteiger partial charge >= 0.3 is 6.03 Å². The number of urea groups is 1. The molecule has 1 aliphatic heterocycles. The number of aliphatic hydroxyl groups excluding tert-OH is 1. The van der Waals surface area contributed by atoms with Crippen LogP contribution in [0.2, 0.25) is 0 Å². The van der Waals surface area contributed by atoms with Crippen LogP contribution >= 0.6 is 0 Å². The number of aliphatic hydroxyl groups is 1. The molecule has 36 heavy (non-hydrogen) atoms. The minimum absolute atomic E-state index is 0.0466. The van der Waals surface area contributed by atoms with E-state index in [0.717, 1.165) is 4.90 Å². The van der Waals surface area contributed by atoms with Gasteiger partial charge in [0.05, 0.1) is 12.6 Å². The van der Waals surface area contributed by atoms with E-state index in [1.165, 1.54) is 19.1 Å². The molecule has 0 saturated carbocycles. The molecule has 1 heterocycles. The third kappa shape index (κ3) is 11.2. The van der Waals surface area contributed by atoms with Crippen LogP contribution in [0.15, 0.2) is 12.2 Å². The molecular weight excluding hydrogens is 474 g/mol. The van der Waals surface area contributed by atoms with E-state index in [9.17, 15) is 38.7 Å². The molecular formula is C23H35N5O8. The second kappa shape index (κ2) is 16.1. The zero-order chi connectivity index (χ0) is 28.0. The van der Waals surface area contributed by atoms with Crippen molar-refractivity contribution in [3.05, 3.63) is 12.2 Å². The Kier molecular flexibility index (Phi) is 12.8. The predicted octanol–water partition coefficient (Wildman–Crippen LogP) is -1.32. The topological polar surface area (TPSA) is 205 Å². The van der Waals surface area contributed by atoms with Gasteiger partial charge in [0.15, 0.2) is 5.78 Å². The third-order valence-electron chi connectivity index (χ3n) is 5.51. The number of aldehydes is 1. The van der Waals surface area contributed by atoms with Gasteiger partial charge in [-0.2, -0.15) is 0 Å². The summed E-state index contributed by atoms with van der Waals surface area (Å²) in [7, 11) is 0. The highest BCUT2D eigenvalue weighted by molar-refractivity contribution is 6.12. The number of imide groups is 1. The highest BCUT2D eigenvalue weighted by Gasteiger charge is 2.30. The quantitative estimate of drug-likeness (QED) is 0.0847. The van der Waals surface area contributed by atoms with Crippen LogP contribution in [0, 0.1) is 5.92 Å². The van der Waals surface area contributed by atoms with Gasteiger partial charge in [0.25, 0.3) is 11.8 Å². The lowest BCUT2D eigenvalue weighted by atomic mass is 9.91. The Morgan fingerprint density at radius 3 is 2.36 bits per heavy atom. The van der Waals surface area contributed by atoms with Crippen molar-refractivity contribution in [1.29, 1.82) is 0 Å². The summed E-state index contributed by atoms with van der Waals surface area (Å²) in [5.41, 5.74) is 5.00. The first-order valence-electron chi connectivity index (χ1n) is 12.3. The smallest absolute Gasteiger partial charge is 0.312 e. The molecule has 13 heteroatoms. The summed E-state index contributed by atoms with van der Waals surface area (Å²) < 4.78 is 6.92. The number of carbonyl (C=O) groups excluding carboxylic acids is 7. The molecule has 1 unspecified atom stereocenters. The molecule has 0 aromatic heterocycles. The molecule has 0 spiro atoms. The van der Waals surface area contributed by atoms with Gasteiger partial charge in [0.1, 0.15) is 13.7 Å². The van der Waals surface area contributed by atoms with Gasteiger partial charge in [-0.3, -0.25) is 28.9 Å². The summed E-state index contributed by atoms with van der Waals surface area (Å²) in [6, 6.07) is -2.01. The molecule has 1 rings (SSSR count). The summed E-state index contributed by atoms with van der Waals surface area (Å²) in [5, 5.41) is 17.2. The number of carbonyl (C=O) groups is 7. The van der Waals surface area contributed by atoms with Crippen molar-refractivity contribution >= 4 is 41.7 Å². The predicted molar refractivity (Wildman–Crippen MR) is 127 cm³/mol. The molecule has 0 saturated heterocycles. The van der Waals surface area contributed by atoms with E-state index in [4.69, 9.17) is 7.10 Å². The van der Waals surface area contributed by atoms with E-state index in [0.29, 0.717) is 25.7 Å². The fraction of sp³-hybridized carbons (Fsp3) is 0.609. The molecule has 0 fully saturated rings. The van der Waals surface area contributed by atoms with Crippen molar-refractivity contribution in [2.75, 3.05) is 19.6 Å². The Morgan fingerprint density at radius 1 is 1.11 bits per heavy atom. The highest BCUT2D eigenvalue weighted by Crippen LogP contribution is 2.15. The monoisotopic (exact) mass is 510 g/mol.